The molecule has 0 aliphatic carbocycles. The molecular formula is C12H9BrF3NO2. The molecule has 0 saturated carbocycles. The quantitative estimate of drug-likeness (QED) is 0.908. The number of aromatic amines is 1. The number of aromatic nitrogens is 1. The van der Waals surface area contributed by atoms with E-state index in [4.69, 9.17) is 0 Å². The molecule has 0 radical (unpaired) electrons. The second-order valence-electron chi connectivity index (χ2n) is 3.90. The van der Waals surface area contributed by atoms with Gasteiger partial charge in [-0.25, -0.2) is 0 Å². The van der Waals surface area contributed by atoms with Gasteiger partial charge in [-0.05, 0) is 40.0 Å². The fourth-order valence-electron chi connectivity index (χ4n) is 1.75. The highest BCUT2D eigenvalue weighted by molar-refractivity contribution is 9.10. The molecule has 0 atom stereocenters. The Morgan fingerprint density at radius 3 is 2.58 bits per heavy atom. The summed E-state index contributed by atoms with van der Waals surface area (Å²) in [7, 11) is 0. The Kier molecular flexibility index (Phi) is 3.58. The number of hydrogen-bond acceptors (Lipinski definition) is 2. The van der Waals surface area contributed by atoms with Crippen molar-refractivity contribution in [2.45, 2.75) is 19.7 Å². The van der Waals surface area contributed by atoms with Crippen molar-refractivity contribution in [3.8, 4) is 5.75 Å². The highest BCUT2D eigenvalue weighted by Crippen LogP contribution is 2.33. The van der Waals surface area contributed by atoms with Crippen LogP contribution in [0, 0.1) is 0 Å². The first kappa shape index (κ1) is 13.9. The number of fused-ring (bicyclic) bond motifs is 1. The Hall–Kier alpha value is -1.50. The van der Waals surface area contributed by atoms with Crippen LogP contribution >= 0.6 is 15.9 Å². The average Bonchev–Trinajstić information content (AvgIpc) is 2.27. The van der Waals surface area contributed by atoms with Gasteiger partial charge in [-0.3, -0.25) is 4.79 Å². The van der Waals surface area contributed by atoms with E-state index >= 15 is 0 Å². The van der Waals surface area contributed by atoms with Crippen molar-refractivity contribution in [3.05, 3.63) is 38.6 Å². The zero-order chi connectivity index (χ0) is 14.2. The lowest BCUT2D eigenvalue weighted by molar-refractivity contribution is -0.274. The number of pyridine rings is 1. The number of benzene rings is 1. The standard InChI is InChI=1S/C12H9BrF3NO2/c1-2-6-3-7-8(13)5-10(18)17-11(7)9(4-6)19-12(14,15)16/h3-5H,2H2,1H3,(H,17,18). The molecule has 1 N–H and O–H groups in total. The van der Waals surface area contributed by atoms with Gasteiger partial charge in [-0.15, -0.1) is 13.2 Å². The second-order valence-corrected chi connectivity index (χ2v) is 4.75. The Morgan fingerprint density at radius 1 is 1.32 bits per heavy atom. The molecule has 0 fully saturated rings. The van der Waals surface area contributed by atoms with Gasteiger partial charge >= 0.3 is 6.36 Å². The van der Waals surface area contributed by atoms with Gasteiger partial charge in [0.25, 0.3) is 0 Å². The molecule has 1 aromatic carbocycles. The third kappa shape index (κ3) is 3.09. The van der Waals surface area contributed by atoms with E-state index in [9.17, 15) is 18.0 Å². The molecule has 2 rings (SSSR count). The summed E-state index contributed by atoms with van der Waals surface area (Å²) in [6.07, 6.45) is -4.26. The van der Waals surface area contributed by atoms with E-state index in [0.29, 0.717) is 21.8 Å². The maximum atomic E-state index is 12.4. The highest BCUT2D eigenvalue weighted by Gasteiger charge is 2.32. The molecule has 0 amide bonds. The number of alkyl halides is 3. The molecule has 3 nitrogen and oxygen atoms in total. The van der Waals surface area contributed by atoms with Crippen LogP contribution in [0.25, 0.3) is 10.9 Å². The van der Waals surface area contributed by atoms with Gasteiger partial charge < -0.3 is 9.72 Å². The summed E-state index contributed by atoms with van der Waals surface area (Å²) in [5.74, 6) is -0.403. The van der Waals surface area contributed by atoms with Gasteiger partial charge in [-0.1, -0.05) is 6.92 Å². The zero-order valence-corrected chi connectivity index (χ0v) is 11.4. The maximum absolute atomic E-state index is 12.4. The fourth-order valence-corrected chi connectivity index (χ4v) is 2.27. The van der Waals surface area contributed by atoms with E-state index in [1.807, 2.05) is 6.92 Å². The minimum Gasteiger partial charge on any atom is -0.404 e. The molecule has 1 aromatic heterocycles. The number of H-pyrrole nitrogens is 1. The van der Waals surface area contributed by atoms with Crippen LogP contribution in [0.2, 0.25) is 0 Å². The van der Waals surface area contributed by atoms with Crippen molar-refractivity contribution >= 4 is 26.8 Å². The normalized spacial score (nSPS) is 11.8. The first-order valence-electron chi connectivity index (χ1n) is 5.41. The SMILES string of the molecule is CCc1cc(OC(F)(F)F)c2[nH]c(=O)cc(Br)c2c1. The summed E-state index contributed by atoms with van der Waals surface area (Å²) in [6, 6.07) is 4.25. The van der Waals surface area contributed by atoms with Gasteiger partial charge in [0.15, 0.2) is 5.75 Å². The fraction of sp³-hybridized carbons (Fsp3) is 0.250. The Morgan fingerprint density at radius 2 is 2.00 bits per heavy atom. The topological polar surface area (TPSA) is 42.1 Å². The van der Waals surface area contributed by atoms with Gasteiger partial charge in [0, 0.05) is 15.9 Å². The summed E-state index contributed by atoms with van der Waals surface area (Å²) >= 11 is 3.17. The van der Waals surface area contributed by atoms with Crippen LogP contribution in [0.1, 0.15) is 12.5 Å². The number of aryl methyl sites for hydroxylation is 1. The molecule has 0 saturated heterocycles. The predicted molar refractivity (Wildman–Crippen MR) is 68.3 cm³/mol. The van der Waals surface area contributed by atoms with Crippen LogP contribution in [-0.4, -0.2) is 11.3 Å². The Balaban J connectivity index is 2.76. The van der Waals surface area contributed by atoms with Crippen molar-refractivity contribution in [2.24, 2.45) is 0 Å². The number of ether oxygens (including phenoxy) is 1. The minimum absolute atomic E-state index is 0.0221. The van der Waals surface area contributed by atoms with Crippen LogP contribution < -0.4 is 10.3 Å². The molecule has 1 heterocycles. The average molecular weight is 336 g/mol. The number of rotatable bonds is 2. The molecule has 7 heteroatoms. The van der Waals surface area contributed by atoms with Gasteiger partial charge in [0.1, 0.15) is 0 Å². The molecule has 0 unspecified atom stereocenters. The molecule has 19 heavy (non-hydrogen) atoms. The first-order chi connectivity index (χ1) is 8.80. The summed E-state index contributed by atoms with van der Waals surface area (Å²) in [6.45, 7) is 1.82. The first-order valence-corrected chi connectivity index (χ1v) is 6.20. The van der Waals surface area contributed by atoms with Crippen molar-refractivity contribution in [2.75, 3.05) is 0 Å². The molecule has 2 aromatic rings. The molecule has 102 valence electrons. The monoisotopic (exact) mass is 335 g/mol. The summed E-state index contributed by atoms with van der Waals surface area (Å²) in [4.78, 5) is 13.7. The lowest BCUT2D eigenvalue weighted by Gasteiger charge is -2.13. The lowest BCUT2D eigenvalue weighted by Crippen LogP contribution is -2.18. The third-order valence-electron chi connectivity index (χ3n) is 2.56. The van der Waals surface area contributed by atoms with Crippen LogP contribution in [0.3, 0.4) is 0 Å². The van der Waals surface area contributed by atoms with Crippen molar-refractivity contribution < 1.29 is 17.9 Å². The van der Waals surface area contributed by atoms with Crippen molar-refractivity contribution in [1.29, 1.82) is 0 Å². The largest absolute Gasteiger partial charge is 0.573 e. The maximum Gasteiger partial charge on any atom is 0.573 e. The highest BCUT2D eigenvalue weighted by atomic mass is 79.9. The van der Waals surface area contributed by atoms with E-state index in [2.05, 4.69) is 25.7 Å². The van der Waals surface area contributed by atoms with E-state index < -0.39 is 17.7 Å². The van der Waals surface area contributed by atoms with E-state index in [0.717, 1.165) is 0 Å². The van der Waals surface area contributed by atoms with Crippen LogP contribution in [0.5, 0.6) is 5.75 Å². The predicted octanol–water partition coefficient (Wildman–Crippen LogP) is 3.75. The van der Waals surface area contributed by atoms with E-state index in [-0.39, 0.29) is 5.52 Å². The van der Waals surface area contributed by atoms with Crippen molar-refractivity contribution in [3.63, 3.8) is 0 Å². The summed E-state index contributed by atoms with van der Waals surface area (Å²) in [5.41, 5.74) is 0.198. The number of nitrogens with one attached hydrogen (secondary N) is 1. The third-order valence-corrected chi connectivity index (χ3v) is 3.22. The molecule has 0 spiro atoms. The van der Waals surface area contributed by atoms with E-state index in [1.54, 1.807) is 6.07 Å². The minimum atomic E-state index is -4.81. The molecule has 0 aliphatic heterocycles. The van der Waals surface area contributed by atoms with Crippen LogP contribution in [-0.2, 0) is 6.42 Å². The van der Waals surface area contributed by atoms with Gasteiger partial charge in [-0.2, -0.15) is 0 Å². The Labute approximate surface area is 114 Å². The summed E-state index contributed by atoms with van der Waals surface area (Å²) in [5, 5.41) is 0.471. The van der Waals surface area contributed by atoms with Gasteiger partial charge in [0.05, 0.1) is 5.52 Å². The van der Waals surface area contributed by atoms with Crippen molar-refractivity contribution in [1.82, 2.24) is 4.98 Å². The van der Waals surface area contributed by atoms with Gasteiger partial charge in [0.2, 0.25) is 5.56 Å². The molecular weight excluding hydrogens is 327 g/mol. The van der Waals surface area contributed by atoms with Crippen LogP contribution in [0.4, 0.5) is 13.2 Å². The van der Waals surface area contributed by atoms with Crippen LogP contribution in [0.15, 0.2) is 27.5 Å². The zero-order valence-electron chi connectivity index (χ0n) is 9.77. The lowest BCUT2D eigenvalue weighted by atomic mass is 10.1. The molecule has 0 aliphatic rings. The summed E-state index contributed by atoms with van der Waals surface area (Å²) < 4.78 is 41.5. The molecule has 0 bridgehead atoms. The number of hydrogen-bond donors (Lipinski definition) is 1. The van der Waals surface area contributed by atoms with E-state index in [1.165, 1.54) is 12.1 Å². The Bertz CT molecular complexity index is 679. The smallest absolute Gasteiger partial charge is 0.404 e. The second kappa shape index (κ2) is 4.88. The number of halogens is 4.